The summed E-state index contributed by atoms with van der Waals surface area (Å²) < 4.78 is 5.67. The number of benzene rings is 1. The summed E-state index contributed by atoms with van der Waals surface area (Å²) in [6.45, 7) is 5.93. The second kappa shape index (κ2) is 5.27. The third-order valence-corrected chi connectivity index (χ3v) is 2.85. The Morgan fingerprint density at radius 3 is 2.41 bits per heavy atom. The first-order valence-electron chi connectivity index (χ1n) is 5.38. The normalized spacial score (nSPS) is 12.5. The Morgan fingerprint density at radius 1 is 1.35 bits per heavy atom. The predicted molar refractivity (Wildman–Crippen MR) is 69.3 cm³/mol. The Labute approximate surface area is 106 Å². The van der Waals surface area contributed by atoms with E-state index in [1.807, 2.05) is 20.8 Å². The van der Waals surface area contributed by atoms with Crippen LogP contribution in [0.2, 0.25) is 5.02 Å². The van der Waals surface area contributed by atoms with Gasteiger partial charge in [-0.15, -0.1) is 0 Å². The van der Waals surface area contributed by atoms with Crippen molar-refractivity contribution in [2.24, 2.45) is 11.7 Å². The van der Waals surface area contributed by atoms with E-state index in [0.29, 0.717) is 22.4 Å². The van der Waals surface area contributed by atoms with E-state index in [0.717, 1.165) is 0 Å². The van der Waals surface area contributed by atoms with Crippen molar-refractivity contribution in [3.05, 3.63) is 22.7 Å². The highest BCUT2D eigenvalue weighted by molar-refractivity contribution is 6.33. The summed E-state index contributed by atoms with van der Waals surface area (Å²) in [7, 11) is 0. The molecule has 0 radical (unpaired) electrons. The second-order valence-corrected chi connectivity index (χ2v) is 4.72. The van der Waals surface area contributed by atoms with E-state index in [1.54, 1.807) is 0 Å². The van der Waals surface area contributed by atoms with E-state index in [2.05, 4.69) is 0 Å². The topological polar surface area (TPSA) is 78.3 Å². The molecule has 0 aliphatic rings. The van der Waals surface area contributed by atoms with Gasteiger partial charge in [-0.05, 0) is 25.0 Å². The fourth-order valence-corrected chi connectivity index (χ4v) is 1.51. The number of carbonyl (C=O) groups is 1. The molecule has 0 saturated heterocycles. The molecular weight excluding hydrogens is 240 g/mol. The molecule has 4 N–H and O–H groups in total. The number of rotatable bonds is 4. The monoisotopic (exact) mass is 256 g/mol. The van der Waals surface area contributed by atoms with Crippen LogP contribution in [0.5, 0.6) is 5.75 Å². The molecule has 1 aromatic carbocycles. The fourth-order valence-electron chi connectivity index (χ4n) is 1.24. The summed E-state index contributed by atoms with van der Waals surface area (Å²) in [4.78, 5) is 11.3. The van der Waals surface area contributed by atoms with Crippen molar-refractivity contribution in [1.29, 1.82) is 0 Å². The van der Waals surface area contributed by atoms with E-state index in [-0.39, 0.29) is 11.7 Å². The van der Waals surface area contributed by atoms with Crippen molar-refractivity contribution in [2.75, 3.05) is 5.73 Å². The molecule has 94 valence electrons. The molecule has 0 spiro atoms. The van der Waals surface area contributed by atoms with Crippen LogP contribution in [0.1, 0.15) is 31.1 Å². The van der Waals surface area contributed by atoms with Crippen LogP contribution in [0.15, 0.2) is 12.1 Å². The van der Waals surface area contributed by atoms with Gasteiger partial charge in [-0.2, -0.15) is 0 Å². The average molecular weight is 257 g/mol. The predicted octanol–water partition coefficient (Wildman–Crippen LogP) is 2.44. The van der Waals surface area contributed by atoms with Gasteiger partial charge in [0.25, 0.3) is 5.91 Å². The van der Waals surface area contributed by atoms with E-state index < -0.39 is 5.91 Å². The van der Waals surface area contributed by atoms with Crippen LogP contribution in [-0.2, 0) is 0 Å². The zero-order chi connectivity index (χ0) is 13.2. The van der Waals surface area contributed by atoms with Gasteiger partial charge >= 0.3 is 0 Å². The lowest BCUT2D eigenvalue weighted by atomic mass is 10.1. The van der Waals surface area contributed by atoms with Crippen LogP contribution in [0, 0.1) is 5.92 Å². The van der Waals surface area contributed by atoms with Crippen molar-refractivity contribution in [3.8, 4) is 5.75 Å². The van der Waals surface area contributed by atoms with E-state index >= 15 is 0 Å². The Balaban J connectivity index is 3.17. The van der Waals surface area contributed by atoms with E-state index in [9.17, 15) is 4.79 Å². The quantitative estimate of drug-likeness (QED) is 0.812. The van der Waals surface area contributed by atoms with Gasteiger partial charge in [0, 0.05) is 5.69 Å². The van der Waals surface area contributed by atoms with Gasteiger partial charge in [0.1, 0.15) is 0 Å². The van der Waals surface area contributed by atoms with Crippen molar-refractivity contribution in [1.82, 2.24) is 0 Å². The Morgan fingerprint density at radius 2 is 1.94 bits per heavy atom. The molecule has 1 rings (SSSR count). The molecule has 1 unspecified atom stereocenters. The maximum atomic E-state index is 11.3. The van der Waals surface area contributed by atoms with Crippen LogP contribution in [-0.4, -0.2) is 12.0 Å². The standard InChI is InChI=1S/C12H17ClN2O2/c1-6(2)7(3)17-11-9(12(15)16)4-8(14)5-10(11)13/h4-7H,14H2,1-3H3,(H2,15,16). The summed E-state index contributed by atoms with van der Waals surface area (Å²) >= 11 is 6.01. The number of amides is 1. The summed E-state index contributed by atoms with van der Waals surface area (Å²) in [5.41, 5.74) is 11.5. The van der Waals surface area contributed by atoms with Gasteiger partial charge in [0.05, 0.1) is 16.7 Å². The molecule has 0 fully saturated rings. The Kier molecular flexibility index (Phi) is 4.23. The van der Waals surface area contributed by atoms with Gasteiger partial charge < -0.3 is 16.2 Å². The van der Waals surface area contributed by atoms with Gasteiger partial charge in [-0.25, -0.2) is 0 Å². The SMILES string of the molecule is CC(C)C(C)Oc1c(Cl)cc(N)cc1C(N)=O. The average Bonchev–Trinajstić information content (AvgIpc) is 2.20. The van der Waals surface area contributed by atoms with Crippen LogP contribution < -0.4 is 16.2 Å². The first-order chi connectivity index (χ1) is 7.82. The molecule has 5 heteroatoms. The van der Waals surface area contributed by atoms with Crippen molar-refractivity contribution >= 4 is 23.2 Å². The Bertz CT molecular complexity index is 433. The van der Waals surface area contributed by atoms with Gasteiger partial charge in [-0.3, -0.25) is 4.79 Å². The van der Waals surface area contributed by atoms with Crippen molar-refractivity contribution in [2.45, 2.75) is 26.9 Å². The second-order valence-electron chi connectivity index (χ2n) is 4.31. The zero-order valence-corrected chi connectivity index (χ0v) is 10.9. The molecule has 1 aromatic rings. The van der Waals surface area contributed by atoms with Gasteiger partial charge in [-0.1, -0.05) is 25.4 Å². The third-order valence-electron chi connectivity index (χ3n) is 2.57. The molecule has 0 aliphatic heterocycles. The molecule has 0 heterocycles. The van der Waals surface area contributed by atoms with Crippen molar-refractivity contribution in [3.63, 3.8) is 0 Å². The minimum absolute atomic E-state index is 0.0748. The maximum Gasteiger partial charge on any atom is 0.252 e. The minimum atomic E-state index is -0.606. The number of anilines is 1. The summed E-state index contributed by atoms with van der Waals surface area (Å²) in [6.07, 6.45) is -0.0748. The molecule has 0 aliphatic carbocycles. The fraction of sp³-hybridized carbons (Fsp3) is 0.417. The number of halogens is 1. The summed E-state index contributed by atoms with van der Waals surface area (Å²) in [6, 6.07) is 3.01. The number of hydrogen-bond acceptors (Lipinski definition) is 3. The lowest BCUT2D eigenvalue weighted by Gasteiger charge is -2.20. The molecule has 1 atom stereocenters. The molecule has 0 saturated carbocycles. The van der Waals surface area contributed by atoms with E-state index in [4.69, 9.17) is 27.8 Å². The number of primary amides is 1. The van der Waals surface area contributed by atoms with Crippen LogP contribution in [0.4, 0.5) is 5.69 Å². The third kappa shape index (κ3) is 3.27. The van der Waals surface area contributed by atoms with Crippen molar-refractivity contribution < 1.29 is 9.53 Å². The molecular formula is C12H17ClN2O2. The number of nitrogens with two attached hydrogens (primary N) is 2. The molecule has 4 nitrogen and oxygen atoms in total. The largest absolute Gasteiger partial charge is 0.488 e. The first-order valence-corrected chi connectivity index (χ1v) is 5.76. The van der Waals surface area contributed by atoms with Crippen LogP contribution in [0.25, 0.3) is 0 Å². The lowest BCUT2D eigenvalue weighted by Crippen LogP contribution is -2.22. The number of carbonyl (C=O) groups excluding carboxylic acids is 1. The summed E-state index contributed by atoms with van der Waals surface area (Å²) in [5.74, 6) is -0.0101. The van der Waals surface area contributed by atoms with Crippen LogP contribution in [0.3, 0.4) is 0 Å². The minimum Gasteiger partial charge on any atom is -0.488 e. The molecule has 1 amide bonds. The number of hydrogen-bond donors (Lipinski definition) is 2. The molecule has 0 aromatic heterocycles. The lowest BCUT2D eigenvalue weighted by molar-refractivity contribution is 0.0990. The molecule has 17 heavy (non-hydrogen) atoms. The molecule has 0 bridgehead atoms. The van der Waals surface area contributed by atoms with E-state index in [1.165, 1.54) is 12.1 Å². The smallest absolute Gasteiger partial charge is 0.252 e. The van der Waals surface area contributed by atoms with Gasteiger partial charge in [0.2, 0.25) is 0 Å². The number of nitrogen functional groups attached to an aromatic ring is 1. The maximum absolute atomic E-state index is 11.3. The Hall–Kier alpha value is -1.42. The highest BCUT2D eigenvalue weighted by Gasteiger charge is 2.18. The van der Waals surface area contributed by atoms with Gasteiger partial charge in [0.15, 0.2) is 5.75 Å². The zero-order valence-electron chi connectivity index (χ0n) is 10.2. The number of ether oxygens (including phenoxy) is 1. The first kappa shape index (κ1) is 13.6. The highest BCUT2D eigenvalue weighted by atomic mass is 35.5. The summed E-state index contributed by atoms with van der Waals surface area (Å²) in [5, 5.41) is 0.298. The van der Waals surface area contributed by atoms with Crippen LogP contribution >= 0.6 is 11.6 Å². The highest BCUT2D eigenvalue weighted by Crippen LogP contribution is 2.32.